The summed E-state index contributed by atoms with van der Waals surface area (Å²) in [5.41, 5.74) is 0.229. The maximum atomic E-state index is 12.8. The van der Waals surface area contributed by atoms with E-state index in [4.69, 9.17) is 11.6 Å². The maximum Gasteiger partial charge on any atom is 0.229 e. The number of hydrogen-bond acceptors (Lipinski definition) is 5. The van der Waals surface area contributed by atoms with Crippen LogP contribution in [0.5, 0.6) is 0 Å². The zero-order chi connectivity index (χ0) is 18.2. The summed E-state index contributed by atoms with van der Waals surface area (Å²) in [5.74, 6) is -0.938. The molecule has 1 fully saturated rings. The second-order valence-electron chi connectivity index (χ2n) is 5.77. The van der Waals surface area contributed by atoms with E-state index in [1.54, 1.807) is 12.4 Å². The zero-order valence-corrected chi connectivity index (χ0v) is 15.6. The molecular weight excluding hydrogens is 384 g/mol. The predicted molar refractivity (Wildman–Crippen MR) is 95.6 cm³/mol. The number of hydrogen-bond donors (Lipinski definition) is 1. The van der Waals surface area contributed by atoms with Crippen molar-refractivity contribution >= 4 is 50.3 Å². The number of nitrogens with zero attached hydrogens (tertiary/aromatic N) is 1. The number of nitrogens with one attached hydrogen (secondary N) is 1. The minimum Gasteiger partial charge on any atom is -0.345 e. The molecule has 0 radical (unpaired) electrons. The molecule has 1 aliphatic rings. The SMILES string of the molecule is CN1CC(C(=O)Nc2cscc2S(=O)(=O)c2ccc(Cl)cc2)CC1=O. The quantitative estimate of drug-likeness (QED) is 0.858. The summed E-state index contributed by atoms with van der Waals surface area (Å²) < 4.78 is 25.6. The lowest BCUT2D eigenvalue weighted by molar-refractivity contribution is -0.127. The van der Waals surface area contributed by atoms with Gasteiger partial charge in [-0.25, -0.2) is 8.42 Å². The molecule has 1 N–H and O–H groups in total. The first-order chi connectivity index (χ1) is 11.8. The van der Waals surface area contributed by atoms with Crippen molar-refractivity contribution in [2.45, 2.75) is 16.2 Å². The first-order valence-electron chi connectivity index (χ1n) is 7.40. The monoisotopic (exact) mass is 398 g/mol. The van der Waals surface area contributed by atoms with Crippen LogP contribution in [0, 0.1) is 5.92 Å². The molecule has 132 valence electrons. The van der Waals surface area contributed by atoms with Crippen molar-refractivity contribution in [1.29, 1.82) is 0 Å². The largest absolute Gasteiger partial charge is 0.345 e. The van der Waals surface area contributed by atoms with Crippen molar-refractivity contribution in [1.82, 2.24) is 4.90 Å². The van der Waals surface area contributed by atoms with Gasteiger partial charge in [-0.1, -0.05) is 11.6 Å². The molecule has 2 heterocycles. The van der Waals surface area contributed by atoms with Crippen molar-refractivity contribution in [3.05, 3.63) is 40.0 Å². The normalized spacial score (nSPS) is 17.8. The van der Waals surface area contributed by atoms with Crippen molar-refractivity contribution in [2.75, 3.05) is 18.9 Å². The molecule has 3 rings (SSSR count). The average molecular weight is 399 g/mol. The molecule has 1 unspecified atom stereocenters. The standard InChI is InChI=1S/C16H15ClN2O4S2/c1-19-7-10(6-15(19)20)16(21)18-13-8-24-9-14(13)25(22,23)12-4-2-11(17)3-5-12/h2-5,8-10H,6-7H2,1H3,(H,18,21). The molecule has 1 aliphatic heterocycles. The number of halogens is 1. The van der Waals surface area contributed by atoms with E-state index >= 15 is 0 Å². The second kappa shape index (κ2) is 6.78. The van der Waals surface area contributed by atoms with Crippen LogP contribution >= 0.6 is 22.9 Å². The van der Waals surface area contributed by atoms with Crippen LogP contribution in [0.3, 0.4) is 0 Å². The van der Waals surface area contributed by atoms with E-state index in [1.165, 1.54) is 45.9 Å². The molecule has 6 nitrogen and oxygen atoms in total. The minimum absolute atomic E-state index is 0.0332. The highest BCUT2D eigenvalue weighted by Crippen LogP contribution is 2.32. The van der Waals surface area contributed by atoms with Crippen LogP contribution in [0.4, 0.5) is 5.69 Å². The van der Waals surface area contributed by atoms with E-state index in [1.807, 2.05) is 0 Å². The van der Waals surface area contributed by atoms with E-state index in [2.05, 4.69) is 5.32 Å². The molecule has 25 heavy (non-hydrogen) atoms. The lowest BCUT2D eigenvalue weighted by atomic mass is 10.1. The molecule has 2 aromatic rings. The van der Waals surface area contributed by atoms with Gasteiger partial charge in [-0.05, 0) is 24.3 Å². The number of sulfone groups is 1. The second-order valence-corrected chi connectivity index (χ2v) is 8.87. The number of rotatable bonds is 4. The van der Waals surface area contributed by atoms with Crippen molar-refractivity contribution in [3.63, 3.8) is 0 Å². The predicted octanol–water partition coefficient (Wildman–Crippen LogP) is 2.65. The number of benzene rings is 1. The molecule has 0 spiro atoms. The molecule has 0 saturated carbocycles. The van der Waals surface area contributed by atoms with Gasteiger partial charge in [0.05, 0.1) is 16.5 Å². The Labute approximate surface area is 154 Å². The number of amides is 2. The van der Waals surface area contributed by atoms with Crippen LogP contribution in [-0.4, -0.2) is 38.7 Å². The van der Waals surface area contributed by atoms with Crippen molar-refractivity contribution in [2.24, 2.45) is 5.92 Å². The van der Waals surface area contributed by atoms with Crippen molar-refractivity contribution in [3.8, 4) is 0 Å². The highest BCUT2D eigenvalue weighted by molar-refractivity contribution is 7.91. The van der Waals surface area contributed by atoms with Gasteiger partial charge in [0.1, 0.15) is 4.90 Å². The number of carbonyl (C=O) groups is 2. The van der Waals surface area contributed by atoms with E-state index in [9.17, 15) is 18.0 Å². The van der Waals surface area contributed by atoms with Gasteiger partial charge in [-0.3, -0.25) is 9.59 Å². The Balaban J connectivity index is 1.84. The summed E-state index contributed by atoms with van der Waals surface area (Å²) in [6.45, 7) is 0.327. The molecule has 0 aliphatic carbocycles. The Hall–Kier alpha value is -1.90. The molecule has 1 atom stereocenters. The van der Waals surface area contributed by atoms with Gasteiger partial charge in [0.15, 0.2) is 0 Å². The van der Waals surface area contributed by atoms with Gasteiger partial charge in [0.2, 0.25) is 21.7 Å². The molecule has 1 saturated heterocycles. The Kier molecular flexibility index (Phi) is 4.86. The van der Waals surface area contributed by atoms with Gasteiger partial charge in [-0.2, -0.15) is 0 Å². The van der Waals surface area contributed by atoms with Gasteiger partial charge in [-0.15, -0.1) is 11.3 Å². The first kappa shape index (κ1) is 17.9. The smallest absolute Gasteiger partial charge is 0.229 e. The van der Waals surface area contributed by atoms with E-state index in [0.717, 1.165) is 0 Å². The fourth-order valence-corrected chi connectivity index (χ4v) is 5.26. The molecule has 2 amide bonds. The lowest BCUT2D eigenvalue weighted by Gasteiger charge is -2.12. The minimum atomic E-state index is -3.77. The van der Waals surface area contributed by atoms with Crippen LogP contribution in [0.25, 0.3) is 0 Å². The van der Waals surface area contributed by atoms with Crippen LogP contribution in [0.1, 0.15) is 6.42 Å². The number of thiophene rings is 1. The van der Waals surface area contributed by atoms with E-state index in [0.29, 0.717) is 11.6 Å². The van der Waals surface area contributed by atoms with Crippen LogP contribution in [0.2, 0.25) is 5.02 Å². The summed E-state index contributed by atoms with van der Waals surface area (Å²) in [6, 6.07) is 5.84. The Morgan fingerprint density at radius 3 is 2.56 bits per heavy atom. The third-order valence-corrected chi connectivity index (χ3v) is 6.96. The van der Waals surface area contributed by atoms with Gasteiger partial charge >= 0.3 is 0 Å². The Bertz CT molecular complexity index is 922. The molecule has 1 aromatic carbocycles. The highest BCUT2D eigenvalue weighted by atomic mass is 35.5. The van der Waals surface area contributed by atoms with E-state index in [-0.39, 0.29) is 33.7 Å². The fourth-order valence-electron chi connectivity index (χ4n) is 2.60. The topological polar surface area (TPSA) is 83.6 Å². The Morgan fingerprint density at radius 1 is 1.28 bits per heavy atom. The summed E-state index contributed by atoms with van der Waals surface area (Å²) in [7, 11) is -2.14. The average Bonchev–Trinajstić information content (AvgIpc) is 3.15. The lowest BCUT2D eigenvalue weighted by Crippen LogP contribution is -2.26. The summed E-state index contributed by atoms with van der Waals surface area (Å²) in [5, 5.41) is 6.13. The number of likely N-dealkylation sites (tertiary alicyclic amines) is 1. The van der Waals surface area contributed by atoms with Crippen LogP contribution in [0.15, 0.2) is 44.8 Å². The molecule has 9 heteroatoms. The molecule has 1 aromatic heterocycles. The third kappa shape index (κ3) is 3.56. The zero-order valence-electron chi connectivity index (χ0n) is 13.2. The van der Waals surface area contributed by atoms with Crippen molar-refractivity contribution < 1.29 is 18.0 Å². The summed E-state index contributed by atoms with van der Waals surface area (Å²) in [4.78, 5) is 25.6. The number of anilines is 1. The molecular formula is C16H15ClN2O4S2. The third-order valence-electron chi connectivity index (χ3n) is 4.01. The summed E-state index contributed by atoms with van der Waals surface area (Å²) in [6.07, 6.45) is 0.131. The van der Waals surface area contributed by atoms with E-state index < -0.39 is 15.8 Å². The van der Waals surface area contributed by atoms with Gasteiger partial charge in [0.25, 0.3) is 0 Å². The van der Waals surface area contributed by atoms with Crippen LogP contribution < -0.4 is 5.32 Å². The van der Waals surface area contributed by atoms with Gasteiger partial charge in [0, 0.05) is 35.8 Å². The van der Waals surface area contributed by atoms with Gasteiger partial charge < -0.3 is 10.2 Å². The first-order valence-corrected chi connectivity index (χ1v) is 10.2. The number of carbonyl (C=O) groups excluding carboxylic acids is 2. The summed E-state index contributed by atoms with van der Waals surface area (Å²) >= 11 is 6.98. The highest BCUT2D eigenvalue weighted by Gasteiger charge is 2.33. The fraction of sp³-hybridized carbons (Fsp3) is 0.250. The molecule has 0 bridgehead atoms. The van der Waals surface area contributed by atoms with Crippen LogP contribution in [-0.2, 0) is 19.4 Å². The Morgan fingerprint density at radius 2 is 1.96 bits per heavy atom. The maximum absolute atomic E-state index is 12.8.